The zero-order valence-electron chi connectivity index (χ0n) is 8.27. The molecular formula is C10H14N2OS. The number of hydrogen-bond acceptors (Lipinski definition) is 3. The van der Waals surface area contributed by atoms with E-state index in [4.69, 9.17) is 0 Å². The molecule has 0 bridgehead atoms. The van der Waals surface area contributed by atoms with Crippen molar-refractivity contribution in [1.82, 2.24) is 9.78 Å². The van der Waals surface area contributed by atoms with E-state index >= 15 is 0 Å². The second kappa shape index (κ2) is 4.17. The third-order valence-corrected chi connectivity index (χ3v) is 3.71. The predicted octanol–water partition coefficient (Wildman–Crippen LogP) is 1.75. The van der Waals surface area contributed by atoms with Crippen molar-refractivity contribution in [1.29, 1.82) is 0 Å². The first-order valence-corrected chi connectivity index (χ1v) is 6.04. The van der Waals surface area contributed by atoms with Crippen LogP contribution >= 0.6 is 11.8 Å². The molecule has 76 valence electrons. The van der Waals surface area contributed by atoms with E-state index in [0.29, 0.717) is 0 Å². The summed E-state index contributed by atoms with van der Waals surface area (Å²) in [5, 5.41) is 4.02. The number of nitrogens with zero attached hydrogens (tertiary/aromatic N) is 2. The van der Waals surface area contributed by atoms with Gasteiger partial charge >= 0.3 is 0 Å². The number of rotatable bonds is 2. The van der Waals surface area contributed by atoms with Crippen LogP contribution in [0.3, 0.4) is 0 Å². The minimum Gasteiger partial charge on any atom is -0.292 e. The first-order valence-electron chi connectivity index (χ1n) is 4.89. The van der Waals surface area contributed by atoms with Gasteiger partial charge in [-0.1, -0.05) is 0 Å². The summed E-state index contributed by atoms with van der Waals surface area (Å²) in [5.41, 5.74) is 0.752. The number of thioether (sulfide) groups is 1. The van der Waals surface area contributed by atoms with Crippen LogP contribution in [0.2, 0.25) is 0 Å². The average Bonchev–Trinajstić information content (AvgIpc) is 2.65. The zero-order valence-corrected chi connectivity index (χ0v) is 9.09. The summed E-state index contributed by atoms with van der Waals surface area (Å²) in [4.78, 5) is 12.0. The molecule has 0 amide bonds. The average molecular weight is 210 g/mol. The highest BCUT2D eigenvalue weighted by Gasteiger charge is 2.24. The Kier molecular flexibility index (Phi) is 2.91. The van der Waals surface area contributed by atoms with Gasteiger partial charge in [-0.05, 0) is 30.4 Å². The smallest absolute Gasteiger partial charge is 0.183 e. The lowest BCUT2D eigenvalue weighted by molar-refractivity contribution is 0.0903. The molecule has 4 heteroatoms. The summed E-state index contributed by atoms with van der Waals surface area (Å²) < 4.78 is 1.67. The molecule has 0 N–H and O–H groups in total. The third-order valence-electron chi connectivity index (χ3n) is 2.67. The van der Waals surface area contributed by atoms with Crippen molar-refractivity contribution in [2.75, 3.05) is 11.5 Å². The Morgan fingerprint density at radius 1 is 1.57 bits per heavy atom. The van der Waals surface area contributed by atoms with E-state index < -0.39 is 0 Å². The minimum atomic E-state index is 0.228. The van der Waals surface area contributed by atoms with E-state index in [1.165, 1.54) is 0 Å². The summed E-state index contributed by atoms with van der Waals surface area (Å²) in [5.74, 6) is 2.74. The van der Waals surface area contributed by atoms with E-state index in [1.807, 2.05) is 24.9 Å². The summed E-state index contributed by atoms with van der Waals surface area (Å²) >= 11 is 1.94. The lowest BCUT2D eigenvalue weighted by Gasteiger charge is -2.19. The van der Waals surface area contributed by atoms with Crippen molar-refractivity contribution >= 4 is 17.5 Å². The molecule has 2 heterocycles. The molecule has 1 saturated heterocycles. The third kappa shape index (κ3) is 1.85. The van der Waals surface area contributed by atoms with Gasteiger partial charge in [0.2, 0.25) is 0 Å². The molecule has 1 aliphatic heterocycles. The van der Waals surface area contributed by atoms with Crippen LogP contribution in [0, 0.1) is 5.92 Å². The van der Waals surface area contributed by atoms with Crippen LogP contribution in [0.4, 0.5) is 0 Å². The molecule has 2 rings (SSSR count). The fraction of sp³-hybridized carbons (Fsp3) is 0.600. The number of hydrogen-bond donors (Lipinski definition) is 0. The van der Waals surface area contributed by atoms with E-state index in [2.05, 4.69) is 5.10 Å². The van der Waals surface area contributed by atoms with Crippen molar-refractivity contribution in [3.05, 3.63) is 18.0 Å². The molecule has 0 aliphatic carbocycles. The van der Waals surface area contributed by atoms with Gasteiger partial charge in [0.1, 0.15) is 5.69 Å². The number of ketones is 1. The van der Waals surface area contributed by atoms with Crippen LogP contribution in [0.1, 0.15) is 23.3 Å². The van der Waals surface area contributed by atoms with Crippen LogP contribution < -0.4 is 0 Å². The number of Topliss-reactive ketones (excluding diaryl/α,β-unsaturated/α-hetero) is 1. The fourth-order valence-corrected chi connectivity index (χ4v) is 2.89. The zero-order chi connectivity index (χ0) is 9.97. The van der Waals surface area contributed by atoms with Gasteiger partial charge in [0.05, 0.1) is 0 Å². The minimum absolute atomic E-state index is 0.228. The number of aromatic nitrogens is 2. The quantitative estimate of drug-likeness (QED) is 0.697. The Bertz CT molecular complexity index is 329. The van der Waals surface area contributed by atoms with E-state index in [0.717, 1.165) is 30.0 Å². The van der Waals surface area contributed by atoms with Gasteiger partial charge < -0.3 is 0 Å². The highest BCUT2D eigenvalue weighted by Crippen LogP contribution is 2.25. The summed E-state index contributed by atoms with van der Waals surface area (Å²) in [6.07, 6.45) is 3.73. The molecule has 0 atom stereocenters. The molecule has 14 heavy (non-hydrogen) atoms. The fourth-order valence-electron chi connectivity index (χ4n) is 1.78. The monoisotopic (exact) mass is 210 g/mol. The van der Waals surface area contributed by atoms with Gasteiger partial charge in [-0.15, -0.1) is 0 Å². The SMILES string of the molecule is Cn1nccc1C(=O)C1CCSCC1. The van der Waals surface area contributed by atoms with E-state index in [9.17, 15) is 4.79 Å². The Hall–Kier alpha value is -0.770. The maximum atomic E-state index is 12.0. The molecule has 1 fully saturated rings. The van der Waals surface area contributed by atoms with Crippen LogP contribution in [0.15, 0.2) is 12.3 Å². The summed E-state index contributed by atoms with van der Waals surface area (Å²) in [6, 6.07) is 1.81. The second-order valence-electron chi connectivity index (χ2n) is 3.59. The normalized spacial score (nSPS) is 18.4. The van der Waals surface area contributed by atoms with E-state index in [1.54, 1.807) is 10.9 Å². The lowest BCUT2D eigenvalue weighted by Crippen LogP contribution is -2.22. The van der Waals surface area contributed by atoms with E-state index in [-0.39, 0.29) is 11.7 Å². The van der Waals surface area contributed by atoms with Crippen LogP contribution in [0.5, 0.6) is 0 Å². The van der Waals surface area contributed by atoms with Crippen molar-refractivity contribution in [2.24, 2.45) is 13.0 Å². The van der Waals surface area contributed by atoms with Crippen molar-refractivity contribution in [3.63, 3.8) is 0 Å². The van der Waals surface area contributed by atoms with Crippen LogP contribution in [-0.4, -0.2) is 27.1 Å². The maximum absolute atomic E-state index is 12.0. The standard InChI is InChI=1S/C10H14N2OS/c1-12-9(2-5-11-12)10(13)8-3-6-14-7-4-8/h2,5,8H,3-4,6-7H2,1H3. The van der Waals surface area contributed by atoms with Crippen molar-refractivity contribution in [3.8, 4) is 0 Å². The molecular weight excluding hydrogens is 196 g/mol. The first-order chi connectivity index (χ1) is 6.79. The summed E-state index contributed by atoms with van der Waals surface area (Å²) in [7, 11) is 1.82. The molecule has 1 aromatic rings. The van der Waals surface area contributed by atoms with Gasteiger partial charge in [0, 0.05) is 19.2 Å². The molecule has 1 aromatic heterocycles. The predicted molar refractivity (Wildman–Crippen MR) is 57.6 cm³/mol. The highest BCUT2D eigenvalue weighted by molar-refractivity contribution is 7.99. The number of carbonyl (C=O) groups is 1. The Morgan fingerprint density at radius 2 is 2.29 bits per heavy atom. The van der Waals surface area contributed by atoms with Gasteiger partial charge in [-0.3, -0.25) is 9.48 Å². The molecule has 0 radical (unpaired) electrons. The second-order valence-corrected chi connectivity index (χ2v) is 4.82. The largest absolute Gasteiger partial charge is 0.292 e. The molecule has 0 aromatic carbocycles. The lowest BCUT2D eigenvalue weighted by atomic mass is 9.95. The molecule has 0 saturated carbocycles. The molecule has 1 aliphatic rings. The number of carbonyl (C=O) groups excluding carboxylic acids is 1. The van der Waals surface area contributed by atoms with Crippen LogP contribution in [0.25, 0.3) is 0 Å². The molecule has 3 nitrogen and oxygen atoms in total. The maximum Gasteiger partial charge on any atom is 0.183 e. The van der Waals surface area contributed by atoms with Gasteiger partial charge in [0.25, 0.3) is 0 Å². The summed E-state index contributed by atoms with van der Waals surface area (Å²) in [6.45, 7) is 0. The topological polar surface area (TPSA) is 34.9 Å². The molecule has 0 spiro atoms. The van der Waals surface area contributed by atoms with Gasteiger partial charge in [-0.25, -0.2) is 0 Å². The number of aryl methyl sites for hydroxylation is 1. The van der Waals surface area contributed by atoms with Crippen LogP contribution in [-0.2, 0) is 7.05 Å². The highest BCUT2D eigenvalue weighted by atomic mass is 32.2. The van der Waals surface area contributed by atoms with Crippen molar-refractivity contribution < 1.29 is 4.79 Å². The first kappa shape index (κ1) is 9.77. The Morgan fingerprint density at radius 3 is 2.86 bits per heavy atom. The Labute approximate surface area is 87.9 Å². The van der Waals surface area contributed by atoms with Gasteiger partial charge in [0.15, 0.2) is 5.78 Å². The Balaban J connectivity index is 2.11. The van der Waals surface area contributed by atoms with Crippen molar-refractivity contribution in [2.45, 2.75) is 12.8 Å². The molecule has 0 unspecified atom stereocenters. The van der Waals surface area contributed by atoms with Gasteiger partial charge in [-0.2, -0.15) is 16.9 Å².